The molecule has 19 heavy (non-hydrogen) atoms. The second kappa shape index (κ2) is 6.95. The minimum Gasteiger partial charge on any atom is -0.310 e. The molecule has 1 fully saturated rings. The Morgan fingerprint density at radius 2 is 2.16 bits per heavy atom. The van der Waals surface area contributed by atoms with Crippen molar-refractivity contribution in [3.63, 3.8) is 0 Å². The molecule has 0 radical (unpaired) electrons. The molecule has 0 amide bonds. The molecule has 1 aromatic rings. The fourth-order valence-electron chi connectivity index (χ4n) is 2.44. The van der Waals surface area contributed by atoms with Crippen LogP contribution >= 0.6 is 0 Å². The summed E-state index contributed by atoms with van der Waals surface area (Å²) in [6.45, 7) is 3.73. The Morgan fingerprint density at radius 1 is 1.37 bits per heavy atom. The summed E-state index contributed by atoms with van der Waals surface area (Å²) in [7, 11) is 0. The third-order valence-electron chi connectivity index (χ3n) is 3.55. The zero-order valence-corrected chi connectivity index (χ0v) is 11.1. The summed E-state index contributed by atoms with van der Waals surface area (Å²) in [5.74, 6) is 2.70. The van der Waals surface area contributed by atoms with Gasteiger partial charge in [-0.2, -0.15) is 5.26 Å². The van der Waals surface area contributed by atoms with E-state index in [4.69, 9.17) is 11.7 Å². The third kappa shape index (κ3) is 4.10. The second-order valence-electron chi connectivity index (χ2n) is 4.95. The van der Waals surface area contributed by atoms with Crippen LogP contribution in [0.1, 0.15) is 24.0 Å². The van der Waals surface area contributed by atoms with Crippen LogP contribution in [-0.2, 0) is 6.54 Å². The van der Waals surface area contributed by atoms with E-state index in [0.29, 0.717) is 6.04 Å². The highest BCUT2D eigenvalue weighted by Gasteiger charge is 2.17. The molecule has 0 aliphatic carbocycles. The van der Waals surface area contributed by atoms with Gasteiger partial charge in [0.2, 0.25) is 0 Å². The molecular weight excluding hydrogens is 234 g/mol. The Kier molecular flexibility index (Phi) is 4.98. The lowest BCUT2D eigenvalue weighted by Crippen LogP contribution is -2.42. The molecule has 1 aliphatic heterocycles. The smallest absolute Gasteiger partial charge is 0.0991 e. The van der Waals surface area contributed by atoms with E-state index >= 15 is 0 Å². The highest BCUT2D eigenvalue weighted by Crippen LogP contribution is 2.11. The number of rotatable bonds is 4. The number of likely N-dealkylation sites (tertiary alicyclic amines) is 1. The monoisotopic (exact) mass is 253 g/mol. The first-order chi connectivity index (χ1) is 9.31. The maximum atomic E-state index is 8.87. The lowest BCUT2D eigenvalue weighted by molar-refractivity contribution is 0.217. The number of nitrogens with one attached hydrogen (secondary N) is 1. The molecule has 0 atom stereocenters. The van der Waals surface area contributed by atoms with Crippen molar-refractivity contribution in [1.29, 1.82) is 5.26 Å². The molecule has 1 aromatic carbocycles. The molecule has 0 unspecified atom stereocenters. The van der Waals surface area contributed by atoms with Crippen molar-refractivity contribution < 1.29 is 0 Å². The molecule has 1 aliphatic rings. The summed E-state index contributed by atoms with van der Waals surface area (Å²) in [6.07, 6.45) is 7.60. The van der Waals surface area contributed by atoms with E-state index < -0.39 is 0 Å². The molecule has 0 aromatic heterocycles. The van der Waals surface area contributed by atoms with Gasteiger partial charge in [-0.1, -0.05) is 18.1 Å². The van der Waals surface area contributed by atoms with Crippen LogP contribution in [-0.4, -0.2) is 30.6 Å². The SMILES string of the molecule is C#CCN1CCC(NCc2cccc(C#N)c2)CC1. The van der Waals surface area contributed by atoms with Crippen LogP contribution in [0, 0.1) is 23.7 Å². The summed E-state index contributed by atoms with van der Waals surface area (Å²) in [6, 6.07) is 10.5. The molecule has 2 rings (SSSR count). The number of nitrogens with zero attached hydrogens (tertiary/aromatic N) is 2. The number of benzene rings is 1. The molecule has 3 nitrogen and oxygen atoms in total. The lowest BCUT2D eigenvalue weighted by Gasteiger charge is -2.31. The van der Waals surface area contributed by atoms with E-state index in [1.807, 2.05) is 18.2 Å². The fourth-order valence-corrected chi connectivity index (χ4v) is 2.44. The van der Waals surface area contributed by atoms with Gasteiger partial charge >= 0.3 is 0 Å². The normalized spacial score (nSPS) is 16.7. The summed E-state index contributed by atoms with van der Waals surface area (Å²) < 4.78 is 0. The number of nitriles is 1. The second-order valence-corrected chi connectivity index (χ2v) is 4.95. The third-order valence-corrected chi connectivity index (χ3v) is 3.55. The van der Waals surface area contributed by atoms with E-state index in [-0.39, 0.29) is 0 Å². The van der Waals surface area contributed by atoms with Crippen LogP contribution in [0.3, 0.4) is 0 Å². The molecule has 1 N–H and O–H groups in total. The molecule has 0 bridgehead atoms. The van der Waals surface area contributed by atoms with E-state index in [9.17, 15) is 0 Å². The van der Waals surface area contributed by atoms with Crippen molar-refractivity contribution in [2.45, 2.75) is 25.4 Å². The topological polar surface area (TPSA) is 39.1 Å². The molecular formula is C16H19N3. The van der Waals surface area contributed by atoms with Crippen molar-refractivity contribution in [2.24, 2.45) is 0 Å². The van der Waals surface area contributed by atoms with Crippen molar-refractivity contribution in [3.05, 3.63) is 35.4 Å². The lowest BCUT2D eigenvalue weighted by atomic mass is 10.0. The average molecular weight is 253 g/mol. The van der Waals surface area contributed by atoms with Gasteiger partial charge in [0.1, 0.15) is 0 Å². The standard InChI is InChI=1S/C16H19N3/c1-2-8-19-9-6-16(7-10-19)18-13-15-5-3-4-14(11-15)12-17/h1,3-5,11,16,18H,6-10,13H2. The molecule has 0 saturated carbocycles. The fraction of sp³-hybridized carbons (Fsp3) is 0.438. The highest BCUT2D eigenvalue weighted by molar-refractivity contribution is 5.32. The van der Waals surface area contributed by atoms with Crippen LogP contribution in [0.15, 0.2) is 24.3 Å². The first kappa shape index (κ1) is 13.6. The van der Waals surface area contributed by atoms with Crippen molar-refractivity contribution in [3.8, 4) is 18.4 Å². The van der Waals surface area contributed by atoms with Crippen LogP contribution in [0.25, 0.3) is 0 Å². The number of terminal acetylenes is 1. The van der Waals surface area contributed by atoms with Gasteiger partial charge in [0.05, 0.1) is 18.2 Å². The van der Waals surface area contributed by atoms with E-state index in [1.165, 1.54) is 5.56 Å². The maximum absolute atomic E-state index is 8.87. The van der Waals surface area contributed by atoms with Gasteiger partial charge in [-0.3, -0.25) is 4.90 Å². The first-order valence-corrected chi connectivity index (χ1v) is 6.70. The largest absolute Gasteiger partial charge is 0.310 e. The molecule has 1 heterocycles. The van der Waals surface area contributed by atoms with Gasteiger partial charge in [-0.25, -0.2) is 0 Å². The number of hydrogen-bond donors (Lipinski definition) is 1. The van der Waals surface area contributed by atoms with Gasteiger partial charge in [0.15, 0.2) is 0 Å². The van der Waals surface area contributed by atoms with E-state index in [1.54, 1.807) is 0 Å². The minimum atomic E-state index is 0.555. The predicted octanol–water partition coefficient (Wildman–Crippen LogP) is 1.75. The van der Waals surface area contributed by atoms with E-state index in [0.717, 1.165) is 44.6 Å². The first-order valence-electron chi connectivity index (χ1n) is 6.70. The van der Waals surface area contributed by atoms with Gasteiger partial charge in [-0.05, 0) is 30.5 Å². The molecule has 0 spiro atoms. The van der Waals surface area contributed by atoms with Crippen molar-refractivity contribution in [1.82, 2.24) is 10.2 Å². The zero-order chi connectivity index (χ0) is 13.5. The maximum Gasteiger partial charge on any atom is 0.0991 e. The predicted molar refractivity (Wildman–Crippen MR) is 76.3 cm³/mol. The van der Waals surface area contributed by atoms with Gasteiger partial charge in [-0.15, -0.1) is 6.42 Å². The Labute approximate surface area is 115 Å². The Hall–Kier alpha value is -1.81. The van der Waals surface area contributed by atoms with Crippen molar-refractivity contribution in [2.75, 3.05) is 19.6 Å². The molecule has 3 heteroatoms. The Balaban J connectivity index is 1.78. The highest BCUT2D eigenvalue weighted by atomic mass is 15.1. The van der Waals surface area contributed by atoms with Gasteiger partial charge in [0.25, 0.3) is 0 Å². The zero-order valence-electron chi connectivity index (χ0n) is 11.1. The van der Waals surface area contributed by atoms with E-state index in [2.05, 4.69) is 28.3 Å². The van der Waals surface area contributed by atoms with Crippen LogP contribution in [0.5, 0.6) is 0 Å². The number of hydrogen-bond acceptors (Lipinski definition) is 3. The summed E-state index contributed by atoms with van der Waals surface area (Å²) in [4.78, 5) is 2.31. The average Bonchev–Trinajstić information content (AvgIpc) is 2.47. The molecule has 1 saturated heterocycles. The van der Waals surface area contributed by atoms with Crippen LogP contribution in [0.4, 0.5) is 0 Å². The quantitative estimate of drug-likeness (QED) is 0.831. The summed E-state index contributed by atoms with van der Waals surface area (Å²) in [5, 5.41) is 12.4. The van der Waals surface area contributed by atoms with Gasteiger partial charge < -0.3 is 5.32 Å². The van der Waals surface area contributed by atoms with Gasteiger partial charge in [0, 0.05) is 25.7 Å². The van der Waals surface area contributed by atoms with Crippen LogP contribution in [0.2, 0.25) is 0 Å². The minimum absolute atomic E-state index is 0.555. The van der Waals surface area contributed by atoms with Crippen molar-refractivity contribution >= 4 is 0 Å². The number of piperidine rings is 1. The van der Waals surface area contributed by atoms with Crippen LogP contribution < -0.4 is 5.32 Å². The Bertz CT molecular complexity index is 487. The molecule has 98 valence electrons. The summed E-state index contributed by atoms with van der Waals surface area (Å²) >= 11 is 0. The Morgan fingerprint density at radius 3 is 2.84 bits per heavy atom. The summed E-state index contributed by atoms with van der Waals surface area (Å²) in [5.41, 5.74) is 1.90.